The number of carbonyl (C=O) groups excluding carboxylic acids is 2. The number of nitrogens with one attached hydrogen (secondary N) is 1. The number of furan rings is 1. The molecular formula is C24H20N4O6. The minimum Gasteiger partial charge on any atom is -0.465 e. The SMILES string of the molecule is COC(=O)c1ccccc1-n1c(C)cc(/C=N/NC(=O)c2cc3cc([N+](=O)[O-])ccc3o2)c1C. The molecule has 10 heteroatoms. The average molecular weight is 460 g/mol. The zero-order valence-corrected chi connectivity index (χ0v) is 18.6. The van der Waals surface area contributed by atoms with E-state index in [2.05, 4.69) is 10.5 Å². The predicted octanol–water partition coefficient (Wildman–Crippen LogP) is 4.30. The van der Waals surface area contributed by atoms with Crippen LogP contribution in [0.2, 0.25) is 0 Å². The lowest BCUT2D eigenvalue weighted by Gasteiger charge is -2.13. The number of amides is 1. The predicted molar refractivity (Wildman–Crippen MR) is 125 cm³/mol. The number of benzene rings is 2. The number of fused-ring (bicyclic) bond motifs is 1. The van der Waals surface area contributed by atoms with Gasteiger partial charge in [0.1, 0.15) is 5.58 Å². The third-order valence-corrected chi connectivity index (χ3v) is 5.32. The van der Waals surface area contributed by atoms with Crippen LogP contribution in [0.4, 0.5) is 5.69 Å². The van der Waals surface area contributed by atoms with Crippen LogP contribution in [-0.2, 0) is 4.74 Å². The number of para-hydroxylation sites is 1. The molecule has 0 bridgehead atoms. The molecule has 2 aromatic heterocycles. The van der Waals surface area contributed by atoms with Crippen molar-refractivity contribution in [1.82, 2.24) is 9.99 Å². The number of methoxy groups -OCH3 is 1. The van der Waals surface area contributed by atoms with Crippen LogP contribution in [-0.4, -0.2) is 34.7 Å². The number of hydrogen-bond acceptors (Lipinski definition) is 7. The molecule has 0 saturated heterocycles. The van der Waals surface area contributed by atoms with Crippen LogP contribution in [0.15, 0.2) is 64.1 Å². The molecular weight excluding hydrogens is 440 g/mol. The summed E-state index contributed by atoms with van der Waals surface area (Å²) in [5.41, 5.74) is 6.16. The monoisotopic (exact) mass is 460 g/mol. The molecule has 2 heterocycles. The molecule has 34 heavy (non-hydrogen) atoms. The van der Waals surface area contributed by atoms with Gasteiger partial charge in [0.2, 0.25) is 0 Å². The molecule has 1 amide bonds. The van der Waals surface area contributed by atoms with Crippen molar-refractivity contribution in [2.24, 2.45) is 5.10 Å². The summed E-state index contributed by atoms with van der Waals surface area (Å²) in [6.07, 6.45) is 1.49. The second-order valence-electron chi connectivity index (χ2n) is 7.46. The van der Waals surface area contributed by atoms with Crippen molar-refractivity contribution in [3.63, 3.8) is 0 Å². The lowest BCUT2D eigenvalue weighted by atomic mass is 10.1. The molecule has 2 aromatic carbocycles. The van der Waals surface area contributed by atoms with Gasteiger partial charge in [-0.25, -0.2) is 10.2 Å². The fourth-order valence-electron chi connectivity index (χ4n) is 3.71. The lowest BCUT2D eigenvalue weighted by molar-refractivity contribution is -0.384. The Morgan fingerprint density at radius 2 is 1.91 bits per heavy atom. The number of nitrogens with zero attached hydrogens (tertiary/aromatic N) is 3. The minimum atomic E-state index is -0.597. The van der Waals surface area contributed by atoms with Crippen LogP contribution in [0.25, 0.3) is 16.7 Å². The van der Waals surface area contributed by atoms with E-state index >= 15 is 0 Å². The maximum atomic E-state index is 12.4. The summed E-state index contributed by atoms with van der Waals surface area (Å²) in [7, 11) is 1.33. The molecule has 4 rings (SSSR count). The number of esters is 1. The Bertz CT molecular complexity index is 1460. The van der Waals surface area contributed by atoms with E-state index in [1.807, 2.05) is 36.6 Å². The average Bonchev–Trinajstić information content (AvgIpc) is 3.38. The third kappa shape index (κ3) is 4.16. The van der Waals surface area contributed by atoms with E-state index in [9.17, 15) is 19.7 Å². The summed E-state index contributed by atoms with van der Waals surface area (Å²) in [6, 6.07) is 14.5. The van der Waals surface area contributed by atoms with Gasteiger partial charge in [0.15, 0.2) is 5.76 Å². The Labute approximate surface area is 193 Å². The number of ether oxygens (including phenoxy) is 1. The number of nitro benzene ring substituents is 1. The number of non-ortho nitro benzene ring substituents is 1. The molecule has 0 unspecified atom stereocenters. The molecule has 0 radical (unpaired) electrons. The number of hydrazone groups is 1. The zero-order chi connectivity index (χ0) is 24.4. The van der Waals surface area contributed by atoms with E-state index in [1.54, 1.807) is 12.1 Å². The number of nitro groups is 1. The van der Waals surface area contributed by atoms with Gasteiger partial charge in [-0.2, -0.15) is 5.10 Å². The summed E-state index contributed by atoms with van der Waals surface area (Å²) in [4.78, 5) is 35.0. The van der Waals surface area contributed by atoms with Crippen molar-refractivity contribution in [1.29, 1.82) is 0 Å². The highest BCUT2D eigenvalue weighted by Gasteiger charge is 2.18. The van der Waals surface area contributed by atoms with Gasteiger partial charge in [-0.1, -0.05) is 12.1 Å². The Hall–Kier alpha value is -4.73. The van der Waals surface area contributed by atoms with Crippen molar-refractivity contribution in [2.45, 2.75) is 13.8 Å². The number of rotatable bonds is 6. The van der Waals surface area contributed by atoms with Crippen LogP contribution < -0.4 is 5.43 Å². The molecule has 0 fully saturated rings. The zero-order valence-electron chi connectivity index (χ0n) is 18.6. The molecule has 0 atom stereocenters. The molecule has 0 spiro atoms. The van der Waals surface area contributed by atoms with Crippen LogP contribution in [0.1, 0.15) is 37.9 Å². The Kier molecular flexibility index (Phi) is 5.96. The van der Waals surface area contributed by atoms with Crippen LogP contribution >= 0.6 is 0 Å². The first kappa shape index (κ1) is 22.5. The van der Waals surface area contributed by atoms with E-state index in [0.717, 1.165) is 17.0 Å². The fraction of sp³-hybridized carbons (Fsp3) is 0.125. The first-order chi connectivity index (χ1) is 16.3. The largest absolute Gasteiger partial charge is 0.465 e. The standard InChI is InChI=1S/C24H20N4O6/c1-14-10-17(15(2)27(14)20-7-5-4-6-19(20)24(30)33-3)13-25-26-23(29)22-12-16-11-18(28(31)32)8-9-21(16)34-22/h4-13H,1-3H3,(H,26,29)/b25-13+. The van der Waals surface area contributed by atoms with Crippen molar-refractivity contribution in [2.75, 3.05) is 7.11 Å². The first-order valence-corrected chi connectivity index (χ1v) is 10.2. The first-order valence-electron chi connectivity index (χ1n) is 10.2. The highest BCUT2D eigenvalue weighted by molar-refractivity contribution is 5.97. The maximum Gasteiger partial charge on any atom is 0.339 e. The number of aromatic nitrogens is 1. The molecule has 0 aliphatic carbocycles. The minimum absolute atomic E-state index is 0.0230. The topological polar surface area (TPSA) is 129 Å². The summed E-state index contributed by atoms with van der Waals surface area (Å²) in [5, 5.41) is 15.4. The van der Waals surface area contributed by atoms with Gasteiger partial charge in [-0.05, 0) is 44.2 Å². The summed E-state index contributed by atoms with van der Waals surface area (Å²) < 4.78 is 12.3. The maximum absolute atomic E-state index is 12.4. The molecule has 0 saturated carbocycles. The van der Waals surface area contributed by atoms with E-state index in [4.69, 9.17) is 9.15 Å². The normalized spacial score (nSPS) is 11.1. The molecule has 4 aromatic rings. The van der Waals surface area contributed by atoms with Gasteiger partial charge < -0.3 is 13.7 Å². The quantitative estimate of drug-likeness (QED) is 0.198. The second kappa shape index (κ2) is 9.02. The summed E-state index contributed by atoms with van der Waals surface area (Å²) in [5.74, 6) is -1.06. The van der Waals surface area contributed by atoms with E-state index < -0.39 is 16.8 Å². The molecule has 0 aliphatic rings. The highest BCUT2D eigenvalue weighted by atomic mass is 16.6. The van der Waals surface area contributed by atoms with Gasteiger partial charge in [0.05, 0.1) is 29.5 Å². The van der Waals surface area contributed by atoms with E-state index in [0.29, 0.717) is 22.2 Å². The fourth-order valence-corrected chi connectivity index (χ4v) is 3.71. The van der Waals surface area contributed by atoms with Gasteiger partial charge in [0.25, 0.3) is 5.69 Å². The second-order valence-corrected chi connectivity index (χ2v) is 7.46. The third-order valence-electron chi connectivity index (χ3n) is 5.32. The van der Waals surface area contributed by atoms with Gasteiger partial charge >= 0.3 is 11.9 Å². The molecule has 10 nitrogen and oxygen atoms in total. The van der Waals surface area contributed by atoms with Crippen LogP contribution in [0, 0.1) is 24.0 Å². The Balaban J connectivity index is 1.56. The molecule has 1 N–H and O–H groups in total. The van der Waals surface area contributed by atoms with Crippen LogP contribution in [0.3, 0.4) is 0 Å². The van der Waals surface area contributed by atoms with Gasteiger partial charge in [-0.3, -0.25) is 14.9 Å². The molecule has 172 valence electrons. The number of hydrogen-bond donors (Lipinski definition) is 1. The van der Waals surface area contributed by atoms with Gasteiger partial charge in [0, 0.05) is 34.5 Å². The summed E-state index contributed by atoms with van der Waals surface area (Å²) >= 11 is 0. The number of carbonyl (C=O) groups is 2. The smallest absolute Gasteiger partial charge is 0.339 e. The lowest BCUT2D eigenvalue weighted by Crippen LogP contribution is -2.16. The Morgan fingerprint density at radius 3 is 2.65 bits per heavy atom. The van der Waals surface area contributed by atoms with E-state index in [-0.39, 0.29) is 11.4 Å². The van der Waals surface area contributed by atoms with Crippen molar-refractivity contribution in [3.05, 3.63) is 93.0 Å². The summed E-state index contributed by atoms with van der Waals surface area (Å²) in [6.45, 7) is 3.76. The molecule has 0 aliphatic heterocycles. The Morgan fingerprint density at radius 1 is 1.15 bits per heavy atom. The van der Waals surface area contributed by atoms with Crippen molar-refractivity contribution in [3.8, 4) is 5.69 Å². The van der Waals surface area contributed by atoms with E-state index in [1.165, 1.54) is 37.6 Å². The highest BCUT2D eigenvalue weighted by Crippen LogP contribution is 2.25. The van der Waals surface area contributed by atoms with Gasteiger partial charge in [-0.15, -0.1) is 0 Å². The van der Waals surface area contributed by atoms with Crippen molar-refractivity contribution < 1.29 is 23.7 Å². The van der Waals surface area contributed by atoms with Crippen LogP contribution in [0.5, 0.6) is 0 Å². The van der Waals surface area contributed by atoms with Crippen molar-refractivity contribution >= 4 is 34.7 Å². The number of aryl methyl sites for hydroxylation is 1.